The quantitative estimate of drug-likeness (QED) is 0.526. The molecule has 0 rings (SSSR count). The van der Waals surface area contributed by atoms with Gasteiger partial charge in [0.2, 0.25) is 0 Å². The van der Waals surface area contributed by atoms with Crippen molar-refractivity contribution in [2.45, 2.75) is 51.3 Å². The molecule has 0 radical (unpaired) electrons. The Kier molecular flexibility index (Phi) is 3.48. The molecule has 0 saturated carbocycles. The van der Waals surface area contributed by atoms with Gasteiger partial charge >= 0.3 is 0 Å². The van der Waals surface area contributed by atoms with Gasteiger partial charge < -0.3 is 16.6 Å². The Balaban J connectivity index is 4.00. The highest BCUT2D eigenvalue weighted by molar-refractivity contribution is 4.92. The molecule has 0 bridgehead atoms. The molecule has 0 aromatic carbocycles. The van der Waals surface area contributed by atoms with Crippen molar-refractivity contribution in [1.29, 1.82) is 0 Å². The maximum absolute atomic E-state index is 9.52. The summed E-state index contributed by atoms with van der Waals surface area (Å²) < 4.78 is 0. The summed E-state index contributed by atoms with van der Waals surface area (Å²) in [6.45, 7) is 5.35. The third-order valence-electron chi connectivity index (χ3n) is 2.08. The van der Waals surface area contributed by atoms with Gasteiger partial charge in [0.25, 0.3) is 0 Å². The van der Waals surface area contributed by atoms with Crippen LogP contribution in [0.1, 0.15) is 40.0 Å². The van der Waals surface area contributed by atoms with E-state index in [4.69, 9.17) is 11.5 Å². The number of nitrogens with two attached hydrogens (primary N) is 2. The zero-order valence-corrected chi connectivity index (χ0v) is 7.72. The minimum absolute atomic E-state index is 0.660. The second-order valence-corrected chi connectivity index (χ2v) is 3.70. The van der Waals surface area contributed by atoms with Gasteiger partial charge in [0.1, 0.15) is 0 Å². The second-order valence-electron chi connectivity index (χ2n) is 3.70. The SMILES string of the molecule is CCCCC(N)(N)C(C)(C)O. The number of aliphatic hydroxyl groups is 1. The molecule has 0 saturated heterocycles. The van der Waals surface area contributed by atoms with Crippen molar-refractivity contribution in [1.82, 2.24) is 0 Å². The topological polar surface area (TPSA) is 72.3 Å². The van der Waals surface area contributed by atoms with Gasteiger partial charge in [-0.15, -0.1) is 0 Å². The second kappa shape index (κ2) is 3.52. The van der Waals surface area contributed by atoms with E-state index < -0.39 is 11.3 Å². The van der Waals surface area contributed by atoms with Gasteiger partial charge in [0.05, 0.1) is 11.3 Å². The Labute approximate surface area is 68.8 Å². The van der Waals surface area contributed by atoms with Crippen molar-refractivity contribution in [3.63, 3.8) is 0 Å². The molecule has 0 amide bonds. The molecule has 0 aromatic heterocycles. The van der Waals surface area contributed by atoms with Gasteiger partial charge in [-0.05, 0) is 20.3 Å². The lowest BCUT2D eigenvalue weighted by Gasteiger charge is -2.36. The number of unbranched alkanes of at least 4 members (excludes halogenated alkanes) is 1. The van der Waals surface area contributed by atoms with Crippen LogP contribution < -0.4 is 11.5 Å². The Morgan fingerprint density at radius 3 is 2.00 bits per heavy atom. The van der Waals surface area contributed by atoms with Gasteiger partial charge in [0.15, 0.2) is 0 Å². The van der Waals surface area contributed by atoms with Gasteiger partial charge in [-0.2, -0.15) is 0 Å². The van der Waals surface area contributed by atoms with Gasteiger partial charge in [-0.1, -0.05) is 19.8 Å². The van der Waals surface area contributed by atoms with Gasteiger partial charge in [-0.25, -0.2) is 0 Å². The van der Waals surface area contributed by atoms with E-state index in [0.717, 1.165) is 12.8 Å². The largest absolute Gasteiger partial charge is 0.387 e. The monoisotopic (exact) mass is 160 g/mol. The average molecular weight is 160 g/mol. The summed E-state index contributed by atoms with van der Waals surface area (Å²) in [6, 6.07) is 0. The Bertz CT molecular complexity index is 116. The van der Waals surface area contributed by atoms with E-state index in [1.807, 2.05) is 0 Å². The summed E-state index contributed by atoms with van der Waals surface area (Å²) in [6.07, 6.45) is 2.66. The summed E-state index contributed by atoms with van der Waals surface area (Å²) in [5.41, 5.74) is 9.46. The molecule has 0 aliphatic carbocycles. The van der Waals surface area contributed by atoms with E-state index in [-0.39, 0.29) is 0 Å². The highest BCUT2D eigenvalue weighted by atomic mass is 16.3. The third-order valence-corrected chi connectivity index (χ3v) is 2.08. The van der Waals surface area contributed by atoms with Crippen LogP contribution in [0, 0.1) is 0 Å². The van der Waals surface area contributed by atoms with Crippen molar-refractivity contribution in [3.05, 3.63) is 0 Å². The first-order valence-corrected chi connectivity index (χ1v) is 4.11. The molecule has 3 nitrogen and oxygen atoms in total. The van der Waals surface area contributed by atoms with E-state index in [9.17, 15) is 5.11 Å². The van der Waals surface area contributed by atoms with Gasteiger partial charge in [-0.3, -0.25) is 0 Å². The van der Waals surface area contributed by atoms with Crippen LogP contribution in [0.25, 0.3) is 0 Å². The summed E-state index contributed by atoms with van der Waals surface area (Å²) in [5, 5.41) is 9.52. The van der Waals surface area contributed by atoms with E-state index in [1.54, 1.807) is 13.8 Å². The lowest BCUT2D eigenvalue weighted by molar-refractivity contribution is -0.00509. The molecular weight excluding hydrogens is 140 g/mol. The van der Waals surface area contributed by atoms with Crippen molar-refractivity contribution < 1.29 is 5.11 Å². The molecule has 3 heteroatoms. The normalized spacial score (nSPS) is 13.6. The van der Waals surface area contributed by atoms with E-state index in [2.05, 4.69) is 6.92 Å². The maximum Gasteiger partial charge on any atom is 0.0926 e. The number of hydrogen-bond donors (Lipinski definition) is 3. The van der Waals surface area contributed by atoms with Crippen molar-refractivity contribution in [3.8, 4) is 0 Å². The molecule has 0 spiro atoms. The Morgan fingerprint density at radius 1 is 1.27 bits per heavy atom. The molecule has 5 N–H and O–H groups in total. The molecule has 0 aliphatic heterocycles. The fourth-order valence-corrected chi connectivity index (χ4v) is 0.775. The first kappa shape index (κ1) is 10.9. The first-order valence-electron chi connectivity index (χ1n) is 4.11. The minimum atomic E-state index is -0.998. The van der Waals surface area contributed by atoms with E-state index >= 15 is 0 Å². The molecule has 68 valence electrons. The molecule has 0 atom stereocenters. The summed E-state index contributed by atoms with van der Waals surface area (Å²) in [4.78, 5) is 0. The molecule has 0 aromatic rings. The number of hydrogen-bond acceptors (Lipinski definition) is 3. The molecule has 0 aliphatic rings. The van der Waals surface area contributed by atoms with Crippen LogP contribution in [-0.4, -0.2) is 16.4 Å². The summed E-state index contributed by atoms with van der Waals surface area (Å²) >= 11 is 0. The molecule has 11 heavy (non-hydrogen) atoms. The van der Waals surface area contributed by atoms with Gasteiger partial charge in [0, 0.05) is 0 Å². The van der Waals surface area contributed by atoms with Crippen LogP contribution >= 0.6 is 0 Å². The van der Waals surface area contributed by atoms with Crippen LogP contribution in [0.3, 0.4) is 0 Å². The van der Waals surface area contributed by atoms with Crippen molar-refractivity contribution in [2.75, 3.05) is 0 Å². The smallest absolute Gasteiger partial charge is 0.0926 e. The van der Waals surface area contributed by atoms with E-state index in [1.165, 1.54) is 0 Å². The van der Waals surface area contributed by atoms with Crippen molar-refractivity contribution >= 4 is 0 Å². The standard InChI is InChI=1S/C8H20N2O/c1-4-5-6-8(9,10)7(2,3)11/h11H,4-6,9-10H2,1-3H3. The van der Waals surface area contributed by atoms with Crippen LogP contribution in [0.5, 0.6) is 0 Å². The fraction of sp³-hybridized carbons (Fsp3) is 1.00. The van der Waals surface area contributed by atoms with Crippen LogP contribution in [0.15, 0.2) is 0 Å². The molecule has 0 unspecified atom stereocenters. The first-order chi connectivity index (χ1) is 4.81. The molecule has 0 heterocycles. The average Bonchev–Trinajstić information content (AvgIpc) is 1.81. The Hall–Kier alpha value is -0.120. The summed E-state index contributed by atoms with van der Waals surface area (Å²) in [7, 11) is 0. The fourth-order valence-electron chi connectivity index (χ4n) is 0.775. The minimum Gasteiger partial charge on any atom is -0.387 e. The summed E-state index contributed by atoms with van der Waals surface area (Å²) in [5.74, 6) is 0. The van der Waals surface area contributed by atoms with Crippen LogP contribution in [-0.2, 0) is 0 Å². The lowest BCUT2D eigenvalue weighted by Crippen LogP contribution is -2.64. The zero-order valence-electron chi connectivity index (χ0n) is 7.72. The Morgan fingerprint density at radius 2 is 1.73 bits per heavy atom. The third kappa shape index (κ3) is 3.18. The molecular formula is C8H20N2O. The van der Waals surface area contributed by atoms with E-state index in [0.29, 0.717) is 6.42 Å². The predicted octanol–water partition coefficient (Wildman–Crippen LogP) is 0.561. The number of rotatable bonds is 4. The predicted molar refractivity (Wildman–Crippen MR) is 46.9 cm³/mol. The maximum atomic E-state index is 9.52. The molecule has 0 fully saturated rings. The van der Waals surface area contributed by atoms with Crippen LogP contribution in [0.4, 0.5) is 0 Å². The highest BCUT2D eigenvalue weighted by Crippen LogP contribution is 2.19. The lowest BCUT2D eigenvalue weighted by atomic mass is 9.88. The van der Waals surface area contributed by atoms with Crippen molar-refractivity contribution in [2.24, 2.45) is 11.5 Å². The highest BCUT2D eigenvalue weighted by Gasteiger charge is 2.35. The zero-order chi connectivity index (χ0) is 9.12. The van der Waals surface area contributed by atoms with Crippen LogP contribution in [0.2, 0.25) is 0 Å².